The second-order valence-corrected chi connectivity index (χ2v) is 14.4. The molecule has 1 aliphatic carbocycles. The highest BCUT2D eigenvalue weighted by molar-refractivity contribution is 6.23. The largest absolute Gasteiger partial charge is 0.454 e. The molecule has 5 heteroatoms. The zero-order valence-electron chi connectivity index (χ0n) is 29.2. The zero-order valence-corrected chi connectivity index (χ0v) is 29.2. The Balaban J connectivity index is 1.16. The SMILES string of the molecule is CC1(C)c2ccccc2-c2ccc(-c3nc(-c4ccccc4)nc(-c4cccc5oc6c(ccc7c8ccccc8n(-c8ccccc8)c76)c45)n3)cc21. The van der Waals surface area contributed by atoms with E-state index in [1.165, 1.54) is 27.6 Å². The summed E-state index contributed by atoms with van der Waals surface area (Å²) in [6, 6.07) is 55.2. The number of benzene rings is 7. The van der Waals surface area contributed by atoms with Crippen LogP contribution in [0.2, 0.25) is 0 Å². The number of aromatic nitrogens is 4. The first-order chi connectivity index (χ1) is 26.0. The summed E-state index contributed by atoms with van der Waals surface area (Å²) in [5, 5.41) is 4.33. The second kappa shape index (κ2) is 11.1. The number of para-hydroxylation sites is 2. The zero-order chi connectivity index (χ0) is 35.3. The summed E-state index contributed by atoms with van der Waals surface area (Å²) in [5.74, 6) is 1.87. The van der Waals surface area contributed by atoms with Crippen molar-refractivity contribution in [2.75, 3.05) is 0 Å². The molecule has 0 amide bonds. The maximum atomic E-state index is 6.86. The highest BCUT2D eigenvalue weighted by atomic mass is 16.3. The van der Waals surface area contributed by atoms with Gasteiger partial charge in [0.25, 0.3) is 0 Å². The van der Waals surface area contributed by atoms with Gasteiger partial charge in [0.15, 0.2) is 23.1 Å². The summed E-state index contributed by atoms with van der Waals surface area (Å²) < 4.78 is 9.18. The number of hydrogen-bond acceptors (Lipinski definition) is 4. The van der Waals surface area contributed by atoms with Crippen LogP contribution < -0.4 is 0 Å². The normalized spacial score (nSPS) is 13.2. The van der Waals surface area contributed by atoms with Gasteiger partial charge >= 0.3 is 0 Å². The summed E-state index contributed by atoms with van der Waals surface area (Å²) in [4.78, 5) is 15.5. The third-order valence-corrected chi connectivity index (χ3v) is 11.1. The molecule has 11 rings (SSSR count). The van der Waals surface area contributed by atoms with E-state index in [9.17, 15) is 0 Å². The fourth-order valence-electron chi connectivity index (χ4n) is 8.55. The quantitative estimate of drug-likeness (QED) is 0.186. The van der Waals surface area contributed by atoms with Crippen LogP contribution in [-0.4, -0.2) is 19.5 Å². The Labute approximate surface area is 305 Å². The molecule has 250 valence electrons. The van der Waals surface area contributed by atoms with E-state index in [0.717, 1.165) is 60.7 Å². The van der Waals surface area contributed by atoms with Crippen molar-refractivity contribution in [1.29, 1.82) is 0 Å². The first-order valence-corrected chi connectivity index (χ1v) is 18.0. The van der Waals surface area contributed by atoms with Crippen LogP contribution in [0.4, 0.5) is 0 Å². The topological polar surface area (TPSA) is 56.7 Å². The van der Waals surface area contributed by atoms with Crippen LogP contribution >= 0.6 is 0 Å². The molecule has 5 nitrogen and oxygen atoms in total. The van der Waals surface area contributed by atoms with Crippen LogP contribution in [0.5, 0.6) is 0 Å². The molecule has 0 aliphatic heterocycles. The Kier molecular flexibility index (Phi) is 6.23. The standard InChI is InChI=1S/C48H32N4O/c1-48(2)38-21-11-9-18-32(38)33-25-24-30(28-39(33)48)46-49-45(29-14-5-3-6-15-29)50-47(51-46)37-20-13-23-41-42(37)36-27-26-35-34-19-10-12-22-40(34)52(43(35)44(36)53-41)31-16-7-4-8-17-31/h3-28H,1-2H3. The molecule has 0 N–H and O–H groups in total. The summed E-state index contributed by atoms with van der Waals surface area (Å²) in [6.45, 7) is 4.60. The molecular weight excluding hydrogens is 649 g/mol. The second-order valence-electron chi connectivity index (χ2n) is 14.4. The molecule has 3 aromatic heterocycles. The van der Waals surface area contributed by atoms with E-state index in [1.54, 1.807) is 0 Å². The lowest BCUT2D eigenvalue weighted by molar-refractivity contribution is 0.660. The van der Waals surface area contributed by atoms with E-state index in [1.807, 2.05) is 30.3 Å². The third-order valence-electron chi connectivity index (χ3n) is 11.1. The summed E-state index contributed by atoms with van der Waals surface area (Å²) in [7, 11) is 0. The predicted molar refractivity (Wildman–Crippen MR) is 215 cm³/mol. The lowest BCUT2D eigenvalue weighted by Crippen LogP contribution is -2.15. The first kappa shape index (κ1) is 29.8. The van der Waals surface area contributed by atoms with Gasteiger partial charge in [0.2, 0.25) is 0 Å². The van der Waals surface area contributed by atoms with Crippen molar-refractivity contribution < 1.29 is 4.42 Å². The van der Waals surface area contributed by atoms with Crippen LogP contribution in [0.3, 0.4) is 0 Å². The Morgan fingerprint density at radius 2 is 1.15 bits per heavy atom. The van der Waals surface area contributed by atoms with E-state index in [4.69, 9.17) is 19.4 Å². The van der Waals surface area contributed by atoms with Crippen molar-refractivity contribution in [2.45, 2.75) is 19.3 Å². The van der Waals surface area contributed by atoms with Gasteiger partial charge in [-0.2, -0.15) is 0 Å². The number of hydrogen-bond donors (Lipinski definition) is 0. The monoisotopic (exact) mass is 680 g/mol. The van der Waals surface area contributed by atoms with E-state index in [2.05, 4.69) is 146 Å². The van der Waals surface area contributed by atoms with Gasteiger partial charge in [-0.25, -0.2) is 15.0 Å². The van der Waals surface area contributed by atoms with Crippen molar-refractivity contribution in [2.24, 2.45) is 0 Å². The maximum Gasteiger partial charge on any atom is 0.164 e. The molecule has 0 fully saturated rings. The average Bonchev–Trinajstić information content (AvgIpc) is 3.84. The average molecular weight is 681 g/mol. The van der Waals surface area contributed by atoms with Crippen molar-refractivity contribution in [3.05, 3.63) is 169 Å². The minimum Gasteiger partial charge on any atom is -0.454 e. The van der Waals surface area contributed by atoms with E-state index in [0.29, 0.717) is 17.5 Å². The van der Waals surface area contributed by atoms with Crippen molar-refractivity contribution in [3.8, 4) is 51.0 Å². The molecule has 0 spiro atoms. The smallest absolute Gasteiger partial charge is 0.164 e. The van der Waals surface area contributed by atoms with E-state index in [-0.39, 0.29) is 5.41 Å². The van der Waals surface area contributed by atoms with Crippen molar-refractivity contribution in [1.82, 2.24) is 19.5 Å². The molecule has 0 saturated heterocycles. The van der Waals surface area contributed by atoms with Crippen LogP contribution in [-0.2, 0) is 5.41 Å². The lowest BCUT2D eigenvalue weighted by atomic mass is 9.82. The third kappa shape index (κ3) is 4.34. The number of nitrogens with zero attached hydrogens (tertiary/aromatic N) is 4. The lowest BCUT2D eigenvalue weighted by Gasteiger charge is -2.21. The Morgan fingerprint density at radius 1 is 0.491 bits per heavy atom. The molecule has 1 aliphatic rings. The maximum absolute atomic E-state index is 6.86. The minimum absolute atomic E-state index is 0.144. The van der Waals surface area contributed by atoms with Crippen LogP contribution in [0.25, 0.3) is 94.7 Å². The predicted octanol–water partition coefficient (Wildman–Crippen LogP) is 12.2. The molecule has 0 atom stereocenters. The fraction of sp³-hybridized carbons (Fsp3) is 0.0625. The summed E-state index contributed by atoms with van der Waals surface area (Å²) in [5.41, 5.74) is 12.7. The van der Waals surface area contributed by atoms with Gasteiger partial charge in [0.05, 0.1) is 11.0 Å². The molecule has 0 saturated carbocycles. The van der Waals surface area contributed by atoms with Crippen LogP contribution in [0, 0.1) is 0 Å². The van der Waals surface area contributed by atoms with Gasteiger partial charge in [-0.1, -0.05) is 135 Å². The molecule has 0 bridgehead atoms. The van der Waals surface area contributed by atoms with Crippen LogP contribution in [0.15, 0.2) is 162 Å². The highest BCUT2D eigenvalue weighted by Gasteiger charge is 2.35. The van der Waals surface area contributed by atoms with Gasteiger partial charge in [0, 0.05) is 49.3 Å². The summed E-state index contributed by atoms with van der Waals surface area (Å²) >= 11 is 0. The molecular formula is C48H32N4O. The molecule has 53 heavy (non-hydrogen) atoms. The molecule has 7 aromatic carbocycles. The van der Waals surface area contributed by atoms with Gasteiger partial charge in [-0.15, -0.1) is 0 Å². The van der Waals surface area contributed by atoms with Gasteiger partial charge in [-0.05, 0) is 58.7 Å². The van der Waals surface area contributed by atoms with E-state index < -0.39 is 0 Å². The van der Waals surface area contributed by atoms with Crippen molar-refractivity contribution >= 4 is 43.7 Å². The molecule has 0 radical (unpaired) electrons. The Hall–Kier alpha value is -6.85. The van der Waals surface area contributed by atoms with Crippen LogP contribution in [0.1, 0.15) is 25.0 Å². The van der Waals surface area contributed by atoms with E-state index >= 15 is 0 Å². The summed E-state index contributed by atoms with van der Waals surface area (Å²) in [6.07, 6.45) is 0. The number of furan rings is 1. The van der Waals surface area contributed by atoms with Gasteiger partial charge in [-0.3, -0.25) is 0 Å². The number of rotatable bonds is 4. The molecule has 0 unspecified atom stereocenters. The highest BCUT2D eigenvalue weighted by Crippen LogP contribution is 2.49. The van der Waals surface area contributed by atoms with Gasteiger partial charge in [0.1, 0.15) is 5.58 Å². The van der Waals surface area contributed by atoms with Gasteiger partial charge < -0.3 is 8.98 Å². The number of fused-ring (bicyclic) bond motifs is 10. The minimum atomic E-state index is -0.144. The first-order valence-electron chi connectivity index (χ1n) is 18.0. The molecule has 3 heterocycles. The Bertz CT molecular complexity index is 3080. The fourth-order valence-corrected chi connectivity index (χ4v) is 8.55. The molecule has 10 aromatic rings. The Morgan fingerprint density at radius 3 is 2.00 bits per heavy atom. The van der Waals surface area contributed by atoms with Crippen molar-refractivity contribution in [3.63, 3.8) is 0 Å².